The third-order valence-electron chi connectivity index (χ3n) is 6.24. The Bertz CT molecular complexity index is 1110. The predicted octanol–water partition coefficient (Wildman–Crippen LogP) is 5.18. The van der Waals surface area contributed by atoms with Crippen LogP contribution in [0.15, 0.2) is 36.4 Å². The SMILES string of the molecule is COC(=O)N1CCCC[C@@H]1Cc1cc2ccc(OC)cc2c2cc(OC)c(OC)cc12. The van der Waals surface area contributed by atoms with Crippen LogP contribution in [0.1, 0.15) is 24.8 Å². The number of carbonyl (C=O) groups excluding carboxylic acids is 1. The highest BCUT2D eigenvalue weighted by Crippen LogP contribution is 2.39. The third kappa shape index (κ3) is 3.94. The van der Waals surface area contributed by atoms with Crippen molar-refractivity contribution in [1.82, 2.24) is 4.90 Å². The summed E-state index contributed by atoms with van der Waals surface area (Å²) in [5.41, 5.74) is 1.18. The molecule has 0 aromatic heterocycles. The van der Waals surface area contributed by atoms with E-state index < -0.39 is 0 Å². The van der Waals surface area contributed by atoms with Crippen LogP contribution >= 0.6 is 0 Å². The average Bonchev–Trinajstić information content (AvgIpc) is 2.82. The monoisotopic (exact) mass is 423 g/mol. The molecular weight excluding hydrogens is 394 g/mol. The molecule has 4 rings (SSSR count). The molecule has 1 fully saturated rings. The van der Waals surface area contributed by atoms with E-state index in [0.29, 0.717) is 11.5 Å². The molecule has 6 heteroatoms. The zero-order valence-electron chi connectivity index (χ0n) is 18.6. The maximum absolute atomic E-state index is 12.4. The zero-order valence-corrected chi connectivity index (χ0v) is 18.6. The zero-order chi connectivity index (χ0) is 22.0. The molecule has 3 aromatic rings. The van der Waals surface area contributed by atoms with E-state index in [1.54, 1.807) is 21.3 Å². The fourth-order valence-corrected chi connectivity index (χ4v) is 4.65. The van der Waals surface area contributed by atoms with Gasteiger partial charge in [-0.25, -0.2) is 4.79 Å². The van der Waals surface area contributed by atoms with Crippen molar-refractivity contribution in [3.63, 3.8) is 0 Å². The van der Waals surface area contributed by atoms with Crippen LogP contribution in [0.2, 0.25) is 0 Å². The summed E-state index contributed by atoms with van der Waals surface area (Å²) in [5, 5.41) is 4.38. The Morgan fingerprint density at radius 1 is 0.903 bits per heavy atom. The third-order valence-corrected chi connectivity index (χ3v) is 6.24. The number of fused-ring (bicyclic) bond motifs is 3. The second kappa shape index (κ2) is 8.92. The molecule has 0 bridgehead atoms. The van der Waals surface area contributed by atoms with Gasteiger partial charge in [0.2, 0.25) is 0 Å². The molecule has 1 amide bonds. The highest BCUT2D eigenvalue weighted by molar-refractivity contribution is 6.10. The number of benzene rings is 3. The number of piperidine rings is 1. The molecular formula is C25H29NO5. The Balaban J connectivity index is 1.89. The lowest BCUT2D eigenvalue weighted by Crippen LogP contribution is -2.44. The van der Waals surface area contributed by atoms with E-state index in [4.69, 9.17) is 18.9 Å². The molecule has 1 aliphatic rings. The van der Waals surface area contributed by atoms with Crippen molar-refractivity contribution >= 4 is 27.6 Å². The minimum atomic E-state index is -0.251. The van der Waals surface area contributed by atoms with Crippen molar-refractivity contribution in [3.8, 4) is 17.2 Å². The number of likely N-dealkylation sites (tertiary alicyclic amines) is 1. The second-order valence-corrected chi connectivity index (χ2v) is 7.89. The van der Waals surface area contributed by atoms with Gasteiger partial charge in [0, 0.05) is 12.6 Å². The van der Waals surface area contributed by atoms with Gasteiger partial charge in [-0.15, -0.1) is 0 Å². The Kier molecular flexibility index (Phi) is 6.07. The highest BCUT2D eigenvalue weighted by atomic mass is 16.5. The molecule has 1 saturated heterocycles. The molecule has 0 saturated carbocycles. The topological polar surface area (TPSA) is 57.2 Å². The van der Waals surface area contributed by atoms with Crippen LogP contribution in [0.3, 0.4) is 0 Å². The Morgan fingerprint density at radius 3 is 2.32 bits per heavy atom. The van der Waals surface area contributed by atoms with Gasteiger partial charge in [0.1, 0.15) is 5.75 Å². The number of hydrogen-bond acceptors (Lipinski definition) is 5. The van der Waals surface area contributed by atoms with Gasteiger partial charge in [-0.1, -0.05) is 12.1 Å². The summed E-state index contributed by atoms with van der Waals surface area (Å²) < 4.78 is 21.7. The molecule has 1 heterocycles. The number of rotatable bonds is 5. The van der Waals surface area contributed by atoms with E-state index in [9.17, 15) is 4.79 Å². The van der Waals surface area contributed by atoms with Crippen LogP contribution < -0.4 is 14.2 Å². The summed E-state index contributed by atoms with van der Waals surface area (Å²) in [6.45, 7) is 0.733. The van der Waals surface area contributed by atoms with Gasteiger partial charge in [-0.2, -0.15) is 0 Å². The van der Waals surface area contributed by atoms with Crippen molar-refractivity contribution in [2.45, 2.75) is 31.7 Å². The second-order valence-electron chi connectivity index (χ2n) is 7.89. The van der Waals surface area contributed by atoms with Crippen LogP contribution in [0.4, 0.5) is 4.79 Å². The van der Waals surface area contributed by atoms with E-state index in [1.807, 2.05) is 23.1 Å². The number of carbonyl (C=O) groups is 1. The summed E-state index contributed by atoms with van der Waals surface area (Å²) >= 11 is 0. The standard InChI is InChI=1S/C25H29NO5/c1-28-19-9-8-16-11-17(12-18-7-5-6-10-26(18)25(27)31-4)21-14-23(29-2)24(30-3)15-22(21)20(16)13-19/h8-9,11,13-15,18H,5-7,10,12H2,1-4H3/t18-/m1/s1. The fraction of sp³-hybridized carbons (Fsp3) is 0.400. The maximum Gasteiger partial charge on any atom is 0.409 e. The molecule has 0 radical (unpaired) electrons. The lowest BCUT2D eigenvalue weighted by atomic mass is 9.90. The summed E-state index contributed by atoms with van der Waals surface area (Å²) in [6.07, 6.45) is 3.58. The number of ether oxygens (including phenoxy) is 4. The molecule has 0 spiro atoms. The molecule has 1 atom stereocenters. The van der Waals surface area contributed by atoms with Crippen LogP contribution in [0, 0.1) is 0 Å². The van der Waals surface area contributed by atoms with Gasteiger partial charge < -0.3 is 23.8 Å². The maximum atomic E-state index is 12.4. The molecule has 0 aliphatic carbocycles. The fourth-order valence-electron chi connectivity index (χ4n) is 4.65. The van der Waals surface area contributed by atoms with Crippen LogP contribution in [-0.4, -0.2) is 52.0 Å². The molecule has 6 nitrogen and oxygen atoms in total. The largest absolute Gasteiger partial charge is 0.497 e. The molecule has 31 heavy (non-hydrogen) atoms. The minimum absolute atomic E-state index is 0.105. The first kappa shape index (κ1) is 21.1. The smallest absolute Gasteiger partial charge is 0.409 e. The summed E-state index contributed by atoms with van der Waals surface area (Å²) in [6, 6.07) is 12.5. The van der Waals surface area contributed by atoms with Crippen molar-refractivity contribution in [2.75, 3.05) is 35.0 Å². The summed E-state index contributed by atoms with van der Waals surface area (Å²) in [4.78, 5) is 14.2. The first-order valence-electron chi connectivity index (χ1n) is 10.6. The Labute approximate surface area is 182 Å². The van der Waals surface area contributed by atoms with E-state index in [-0.39, 0.29) is 12.1 Å². The Hall–Kier alpha value is -3.15. The molecule has 0 unspecified atom stereocenters. The van der Waals surface area contributed by atoms with Crippen LogP contribution in [0.5, 0.6) is 17.2 Å². The first-order chi connectivity index (χ1) is 15.1. The van der Waals surface area contributed by atoms with E-state index in [0.717, 1.165) is 59.5 Å². The van der Waals surface area contributed by atoms with Gasteiger partial charge in [-0.3, -0.25) is 0 Å². The van der Waals surface area contributed by atoms with Gasteiger partial charge in [-0.05, 0) is 77.1 Å². The predicted molar refractivity (Wildman–Crippen MR) is 122 cm³/mol. The van der Waals surface area contributed by atoms with Crippen molar-refractivity contribution in [2.24, 2.45) is 0 Å². The molecule has 0 N–H and O–H groups in total. The van der Waals surface area contributed by atoms with E-state index in [2.05, 4.69) is 18.2 Å². The number of hydrogen-bond donors (Lipinski definition) is 0. The number of nitrogens with zero attached hydrogens (tertiary/aromatic N) is 1. The number of methoxy groups -OCH3 is 4. The van der Waals surface area contributed by atoms with Gasteiger partial charge in [0.15, 0.2) is 11.5 Å². The Morgan fingerprint density at radius 2 is 1.65 bits per heavy atom. The van der Waals surface area contributed by atoms with Crippen molar-refractivity contribution in [1.29, 1.82) is 0 Å². The highest BCUT2D eigenvalue weighted by Gasteiger charge is 2.28. The molecule has 164 valence electrons. The quantitative estimate of drug-likeness (QED) is 0.529. The van der Waals surface area contributed by atoms with Crippen LogP contribution in [0.25, 0.3) is 21.5 Å². The normalized spacial score (nSPS) is 16.4. The van der Waals surface area contributed by atoms with Gasteiger partial charge >= 0.3 is 6.09 Å². The summed E-state index contributed by atoms with van der Waals surface area (Å²) in [5.74, 6) is 2.18. The van der Waals surface area contributed by atoms with E-state index in [1.165, 1.54) is 12.7 Å². The first-order valence-corrected chi connectivity index (χ1v) is 10.6. The van der Waals surface area contributed by atoms with Gasteiger partial charge in [0.05, 0.1) is 28.4 Å². The van der Waals surface area contributed by atoms with Crippen LogP contribution in [-0.2, 0) is 11.2 Å². The van der Waals surface area contributed by atoms with Crippen molar-refractivity contribution < 1.29 is 23.7 Å². The summed E-state index contributed by atoms with van der Waals surface area (Å²) in [7, 11) is 6.41. The lowest BCUT2D eigenvalue weighted by molar-refractivity contribution is 0.0896. The lowest BCUT2D eigenvalue weighted by Gasteiger charge is -2.35. The molecule has 3 aromatic carbocycles. The number of amides is 1. The molecule has 1 aliphatic heterocycles. The van der Waals surface area contributed by atoms with E-state index >= 15 is 0 Å². The minimum Gasteiger partial charge on any atom is -0.497 e. The average molecular weight is 424 g/mol. The van der Waals surface area contributed by atoms with Gasteiger partial charge in [0.25, 0.3) is 0 Å². The van der Waals surface area contributed by atoms with Crippen molar-refractivity contribution in [3.05, 3.63) is 42.0 Å².